The largest absolute Gasteiger partial charge is 0.276 e. The van der Waals surface area contributed by atoms with Gasteiger partial charge in [0.25, 0.3) is 0 Å². The summed E-state index contributed by atoms with van der Waals surface area (Å²) in [5.41, 5.74) is 1.71. The Morgan fingerprint density at radius 1 is 1.37 bits per heavy atom. The van der Waals surface area contributed by atoms with Crippen molar-refractivity contribution in [3.8, 4) is 12.3 Å². The summed E-state index contributed by atoms with van der Waals surface area (Å²) in [7, 11) is 0. The van der Waals surface area contributed by atoms with Gasteiger partial charge in [-0.2, -0.15) is 0 Å². The summed E-state index contributed by atoms with van der Waals surface area (Å²) in [5, 5.41) is 0. The van der Waals surface area contributed by atoms with Gasteiger partial charge in [0, 0.05) is 12.1 Å². The average Bonchev–Trinajstić information content (AvgIpc) is 3.03. The summed E-state index contributed by atoms with van der Waals surface area (Å²) in [4.78, 5) is 2.51. The Balaban J connectivity index is 1.59. The first kappa shape index (κ1) is 12.5. The third-order valence-corrected chi connectivity index (χ3v) is 4.74. The van der Waals surface area contributed by atoms with Gasteiger partial charge in [-0.3, -0.25) is 4.90 Å². The van der Waals surface area contributed by atoms with Crippen LogP contribution in [0.2, 0.25) is 0 Å². The van der Waals surface area contributed by atoms with Crippen molar-refractivity contribution in [1.82, 2.24) is 4.90 Å². The Labute approximate surface area is 116 Å². The van der Waals surface area contributed by atoms with Crippen LogP contribution in [0.4, 0.5) is 0 Å². The van der Waals surface area contributed by atoms with Gasteiger partial charge in [0.05, 0.1) is 6.04 Å². The summed E-state index contributed by atoms with van der Waals surface area (Å²) in [5.74, 6) is 3.84. The van der Waals surface area contributed by atoms with Gasteiger partial charge in [-0.15, -0.1) is 13.0 Å². The third kappa shape index (κ3) is 2.11. The number of hydrogen-bond acceptors (Lipinski definition) is 1. The van der Waals surface area contributed by atoms with Crippen molar-refractivity contribution in [3.63, 3.8) is 0 Å². The quantitative estimate of drug-likeness (QED) is 0.439. The first-order valence-electron chi connectivity index (χ1n) is 7.18. The maximum absolute atomic E-state index is 5.70. The second kappa shape index (κ2) is 4.87. The van der Waals surface area contributed by atoms with Crippen molar-refractivity contribution in [2.75, 3.05) is 0 Å². The molecule has 3 rings (SSSR count). The Morgan fingerprint density at radius 2 is 2.11 bits per heavy atom. The third-order valence-electron chi connectivity index (χ3n) is 4.74. The molecule has 1 saturated carbocycles. The monoisotopic (exact) mass is 251 g/mol. The molecular weight excluding hydrogens is 230 g/mol. The van der Waals surface area contributed by atoms with E-state index in [4.69, 9.17) is 6.42 Å². The SMILES string of the molecule is C#C[C@H]1N(Cc2ccccc2)C12CC(CCC=C)C2. The van der Waals surface area contributed by atoms with Crippen LogP contribution in [0.15, 0.2) is 43.0 Å². The van der Waals surface area contributed by atoms with Gasteiger partial charge in [-0.05, 0) is 37.2 Å². The second-order valence-corrected chi connectivity index (χ2v) is 5.93. The summed E-state index contributed by atoms with van der Waals surface area (Å²) in [6.45, 7) is 4.81. The molecule has 1 heteroatoms. The van der Waals surface area contributed by atoms with Gasteiger partial charge < -0.3 is 0 Å². The van der Waals surface area contributed by atoms with Crippen LogP contribution in [0.3, 0.4) is 0 Å². The van der Waals surface area contributed by atoms with E-state index in [9.17, 15) is 0 Å². The molecule has 2 atom stereocenters. The lowest BCUT2D eigenvalue weighted by Crippen LogP contribution is -2.37. The van der Waals surface area contributed by atoms with Gasteiger partial charge in [0.15, 0.2) is 0 Å². The van der Waals surface area contributed by atoms with E-state index < -0.39 is 0 Å². The zero-order valence-electron chi connectivity index (χ0n) is 11.4. The lowest BCUT2D eigenvalue weighted by atomic mass is 9.70. The summed E-state index contributed by atoms with van der Waals surface area (Å²) in [6.07, 6.45) is 12.7. The molecule has 1 aliphatic carbocycles. The highest BCUT2D eigenvalue weighted by molar-refractivity contribution is 5.34. The average molecular weight is 251 g/mol. The van der Waals surface area contributed by atoms with E-state index in [0.29, 0.717) is 11.6 Å². The smallest absolute Gasteiger partial charge is 0.0907 e. The van der Waals surface area contributed by atoms with Gasteiger partial charge >= 0.3 is 0 Å². The van der Waals surface area contributed by atoms with Crippen molar-refractivity contribution >= 4 is 0 Å². The molecule has 0 N–H and O–H groups in total. The molecule has 1 nitrogen and oxygen atoms in total. The van der Waals surface area contributed by atoms with E-state index in [1.165, 1.54) is 24.8 Å². The number of rotatable bonds is 5. The fraction of sp³-hybridized carbons (Fsp3) is 0.444. The predicted octanol–water partition coefficient (Wildman–Crippen LogP) is 3.62. The fourth-order valence-electron chi connectivity index (χ4n) is 3.66. The molecule has 1 unspecified atom stereocenters. The maximum Gasteiger partial charge on any atom is 0.0907 e. The number of nitrogens with zero attached hydrogens (tertiary/aromatic N) is 1. The molecular formula is C18H21N. The predicted molar refractivity (Wildman–Crippen MR) is 79.5 cm³/mol. The van der Waals surface area contributed by atoms with E-state index in [0.717, 1.165) is 18.9 Å². The molecule has 1 spiro atoms. The Bertz CT molecular complexity index is 490. The Kier molecular flexibility index (Phi) is 3.21. The number of allylic oxidation sites excluding steroid dienone is 1. The highest BCUT2D eigenvalue weighted by Crippen LogP contribution is 2.59. The standard InChI is InChI=1S/C18H21N/c1-3-5-9-16-12-18(13-16)17(4-2)19(18)14-15-10-7-6-8-11-15/h2-3,6-8,10-11,16-17H,1,5,9,12-14H2/t16?,17-,18?,19?/m1/s1. The van der Waals surface area contributed by atoms with Crippen molar-refractivity contribution in [2.45, 2.75) is 43.8 Å². The number of hydrogen-bond donors (Lipinski definition) is 0. The molecule has 1 aromatic carbocycles. The molecule has 1 saturated heterocycles. The highest BCUT2D eigenvalue weighted by atomic mass is 15.4. The maximum atomic E-state index is 5.70. The van der Waals surface area contributed by atoms with Crippen LogP contribution in [-0.2, 0) is 6.54 Å². The molecule has 0 radical (unpaired) electrons. The van der Waals surface area contributed by atoms with Crippen LogP contribution in [0.25, 0.3) is 0 Å². The molecule has 2 aliphatic rings. The molecule has 0 aromatic heterocycles. The minimum atomic E-state index is 0.344. The molecule has 1 aliphatic heterocycles. The molecule has 1 aromatic rings. The minimum Gasteiger partial charge on any atom is -0.276 e. The summed E-state index contributed by atoms with van der Waals surface area (Å²) >= 11 is 0. The molecule has 0 amide bonds. The molecule has 19 heavy (non-hydrogen) atoms. The van der Waals surface area contributed by atoms with Crippen LogP contribution < -0.4 is 0 Å². The van der Waals surface area contributed by atoms with E-state index in [1.54, 1.807) is 0 Å². The van der Waals surface area contributed by atoms with Crippen LogP contribution in [-0.4, -0.2) is 16.5 Å². The van der Waals surface area contributed by atoms with E-state index in [2.05, 4.69) is 47.7 Å². The minimum absolute atomic E-state index is 0.344. The van der Waals surface area contributed by atoms with Gasteiger partial charge in [-0.25, -0.2) is 0 Å². The van der Waals surface area contributed by atoms with Crippen LogP contribution in [0, 0.1) is 18.3 Å². The topological polar surface area (TPSA) is 3.01 Å². The van der Waals surface area contributed by atoms with Crippen LogP contribution >= 0.6 is 0 Å². The first-order valence-corrected chi connectivity index (χ1v) is 7.18. The van der Waals surface area contributed by atoms with E-state index in [1.807, 2.05) is 6.08 Å². The van der Waals surface area contributed by atoms with E-state index >= 15 is 0 Å². The number of terminal acetylenes is 1. The normalized spacial score (nSPS) is 35.4. The second-order valence-electron chi connectivity index (χ2n) is 5.93. The molecule has 0 bridgehead atoms. The van der Waals surface area contributed by atoms with Gasteiger partial charge in [0.2, 0.25) is 0 Å². The van der Waals surface area contributed by atoms with Crippen LogP contribution in [0.1, 0.15) is 31.2 Å². The molecule has 1 heterocycles. The number of benzene rings is 1. The van der Waals surface area contributed by atoms with Crippen molar-refractivity contribution in [3.05, 3.63) is 48.6 Å². The molecule has 98 valence electrons. The first-order chi connectivity index (χ1) is 9.30. The Morgan fingerprint density at radius 3 is 2.74 bits per heavy atom. The lowest BCUT2D eigenvalue weighted by Gasteiger charge is -2.36. The van der Waals surface area contributed by atoms with Crippen molar-refractivity contribution < 1.29 is 0 Å². The van der Waals surface area contributed by atoms with Gasteiger partial charge in [-0.1, -0.05) is 42.3 Å². The Hall–Kier alpha value is -1.52. The van der Waals surface area contributed by atoms with Crippen molar-refractivity contribution in [2.24, 2.45) is 5.92 Å². The van der Waals surface area contributed by atoms with Gasteiger partial charge in [0.1, 0.15) is 0 Å². The summed E-state index contributed by atoms with van der Waals surface area (Å²) in [6, 6.07) is 11.0. The van der Waals surface area contributed by atoms with Crippen LogP contribution in [0.5, 0.6) is 0 Å². The highest BCUT2D eigenvalue weighted by Gasteiger charge is 2.67. The zero-order valence-corrected chi connectivity index (χ0v) is 11.4. The van der Waals surface area contributed by atoms with E-state index in [-0.39, 0.29) is 0 Å². The zero-order chi connectivity index (χ0) is 13.3. The van der Waals surface area contributed by atoms with Crippen molar-refractivity contribution in [1.29, 1.82) is 0 Å². The lowest BCUT2D eigenvalue weighted by molar-refractivity contribution is 0.166. The molecule has 2 fully saturated rings. The summed E-state index contributed by atoms with van der Waals surface area (Å²) < 4.78 is 0. The fourth-order valence-corrected chi connectivity index (χ4v) is 3.66.